The fraction of sp³-hybridized carbons (Fsp3) is 0.150. The Morgan fingerprint density at radius 2 is 1.90 bits per heavy atom. The Bertz CT molecular complexity index is 1280. The molecule has 1 aromatic carbocycles. The molecule has 146 valence electrons. The topological polar surface area (TPSA) is 91.9 Å². The van der Waals surface area contributed by atoms with E-state index in [1.807, 2.05) is 0 Å². The van der Waals surface area contributed by atoms with E-state index in [2.05, 4.69) is 15.0 Å². The van der Waals surface area contributed by atoms with Gasteiger partial charge in [0, 0.05) is 31.2 Å². The van der Waals surface area contributed by atoms with Gasteiger partial charge < -0.3 is 4.74 Å². The van der Waals surface area contributed by atoms with Crippen LogP contribution in [0.4, 0.5) is 4.39 Å². The largest absolute Gasteiger partial charge is 0.492 e. The maximum absolute atomic E-state index is 12.9. The molecule has 9 heteroatoms. The summed E-state index contributed by atoms with van der Waals surface area (Å²) in [5.74, 6) is 0.446. The third-order valence-corrected chi connectivity index (χ3v) is 4.40. The van der Waals surface area contributed by atoms with Crippen LogP contribution in [0.2, 0.25) is 0 Å². The van der Waals surface area contributed by atoms with Crippen LogP contribution in [0, 0.1) is 5.82 Å². The Labute approximate surface area is 163 Å². The number of aromatic nitrogens is 5. The van der Waals surface area contributed by atoms with E-state index in [0.717, 1.165) is 4.57 Å². The van der Waals surface area contributed by atoms with Crippen molar-refractivity contribution in [3.05, 3.63) is 81.6 Å². The number of hydrogen-bond donors (Lipinski definition) is 0. The lowest BCUT2D eigenvalue weighted by molar-refractivity contribution is 0.292. The highest BCUT2D eigenvalue weighted by atomic mass is 19.1. The van der Waals surface area contributed by atoms with Gasteiger partial charge in [-0.3, -0.25) is 18.9 Å². The summed E-state index contributed by atoms with van der Waals surface area (Å²) in [6.45, 7) is 0.101. The summed E-state index contributed by atoms with van der Waals surface area (Å²) in [5.41, 5.74) is -0.0899. The first-order chi connectivity index (χ1) is 14.0. The van der Waals surface area contributed by atoms with Gasteiger partial charge >= 0.3 is 5.69 Å². The maximum Gasteiger partial charge on any atom is 0.332 e. The Morgan fingerprint density at radius 3 is 2.62 bits per heavy atom. The number of benzene rings is 1. The molecule has 4 rings (SSSR count). The van der Waals surface area contributed by atoms with Crippen molar-refractivity contribution in [3.8, 4) is 17.1 Å². The molecule has 0 saturated heterocycles. The standard InChI is InChI=1S/C20H16FN5O3/c1-25-18-16(12-23-17(24-18)13-3-2-8-22-11-13)19(27)26(20(25)28)9-10-29-15-6-4-14(21)5-7-15/h2-8,11-12H,9-10H2,1H3. The van der Waals surface area contributed by atoms with Crippen LogP contribution in [0.15, 0.2) is 64.6 Å². The van der Waals surface area contributed by atoms with Gasteiger partial charge in [-0.2, -0.15) is 0 Å². The van der Waals surface area contributed by atoms with Crippen LogP contribution in [-0.4, -0.2) is 30.7 Å². The van der Waals surface area contributed by atoms with Crippen LogP contribution < -0.4 is 16.0 Å². The average molecular weight is 393 g/mol. The number of halogens is 1. The summed E-state index contributed by atoms with van der Waals surface area (Å²) in [5, 5.41) is 0.224. The van der Waals surface area contributed by atoms with E-state index in [1.165, 1.54) is 35.0 Å². The van der Waals surface area contributed by atoms with Crippen LogP contribution in [0.3, 0.4) is 0 Å². The molecule has 3 aromatic heterocycles. The molecular weight excluding hydrogens is 377 g/mol. The third kappa shape index (κ3) is 3.62. The fourth-order valence-electron chi connectivity index (χ4n) is 2.90. The van der Waals surface area contributed by atoms with E-state index in [4.69, 9.17) is 4.74 Å². The molecule has 0 radical (unpaired) electrons. The molecule has 4 aromatic rings. The second-order valence-corrected chi connectivity index (χ2v) is 6.27. The Balaban J connectivity index is 1.66. The average Bonchev–Trinajstić information content (AvgIpc) is 2.76. The first-order valence-corrected chi connectivity index (χ1v) is 8.80. The van der Waals surface area contributed by atoms with Crippen LogP contribution in [0.5, 0.6) is 5.75 Å². The lowest BCUT2D eigenvalue weighted by Crippen LogP contribution is -2.40. The molecule has 0 spiro atoms. The van der Waals surface area contributed by atoms with Gasteiger partial charge in [-0.1, -0.05) is 0 Å². The molecule has 0 aliphatic heterocycles. The lowest BCUT2D eigenvalue weighted by Gasteiger charge is -2.11. The molecular formula is C20H16FN5O3. The molecule has 8 nitrogen and oxygen atoms in total. The van der Waals surface area contributed by atoms with Gasteiger partial charge in [0.05, 0.1) is 6.54 Å². The van der Waals surface area contributed by atoms with Crippen molar-refractivity contribution in [2.45, 2.75) is 6.54 Å². The van der Waals surface area contributed by atoms with Crippen LogP contribution >= 0.6 is 0 Å². The normalized spacial score (nSPS) is 11.0. The minimum atomic E-state index is -0.513. The summed E-state index contributed by atoms with van der Waals surface area (Å²) < 4.78 is 20.8. The monoisotopic (exact) mass is 393 g/mol. The second kappa shape index (κ2) is 7.63. The molecule has 0 N–H and O–H groups in total. The van der Waals surface area contributed by atoms with Gasteiger partial charge in [0.2, 0.25) is 0 Å². The molecule has 0 amide bonds. The van der Waals surface area contributed by atoms with Crippen LogP contribution in [-0.2, 0) is 13.6 Å². The first kappa shape index (κ1) is 18.5. The van der Waals surface area contributed by atoms with Gasteiger partial charge in [-0.15, -0.1) is 0 Å². The van der Waals surface area contributed by atoms with Gasteiger partial charge in [0.1, 0.15) is 23.6 Å². The Morgan fingerprint density at radius 1 is 1.10 bits per heavy atom. The molecule has 0 bridgehead atoms. The SMILES string of the molecule is Cn1c(=O)n(CCOc2ccc(F)cc2)c(=O)c2cnc(-c3cccnc3)nc21. The number of ether oxygens (including phenoxy) is 1. The van der Waals surface area contributed by atoms with Gasteiger partial charge in [0.15, 0.2) is 11.5 Å². The van der Waals surface area contributed by atoms with E-state index in [-0.39, 0.29) is 30.0 Å². The van der Waals surface area contributed by atoms with Crippen molar-refractivity contribution in [1.82, 2.24) is 24.1 Å². The van der Waals surface area contributed by atoms with Crippen molar-refractivity contribution in [2.24, 2.45) is 7.05 Å². The molecule has 3 heterocycles. The number of fused-ring (bicyclic) bond motifs is 1. The Kier molecular flexibility index (Phi) is 4.86. The summed E-state index contributed by atoms with van der Waals surface area (Å²) in [4.78, 5) is 38.1. The van der Waals surface area contributed by atoms with E-state index in [9.17, 15) is 14.0 Å². The quantitative estimate of drug-likeness (QED) is 0.513. The maximum atomic E-state index is 12.9. The van der Waals surface area contributed by atoms with Crippen molar-refractivity contribution in [1.29, 1.82) is 0 Å². The fourth-order valence-corrected chi connectivity index (χ4v) is 2.90. The molecule has 0 atom stereocenters. The highest BCUT2D eigenvalue weighted by Gasteiger charge is 2.14. The zero-order valence-electron chi connectivity index (χ0n) is 15.4. The minimum absolute atomic E-state index is 0.0309. The molecule has 0 unspecified atom stereocenters. The summed E-state index contributed by atoms with van der Waals surface area (Å²) in [6.07, 6.45) is 4.64. The minimum Gasteiger partial charge on any atom is -0.492 e. The lowest BCUT2D eigenvalue weighted by atomic mass is 10.2. The Hall–Kier alpha value is -3.88. The van der Waals surface area contributed by atoms with E-state index < -0.39 is 11.2 Å². The number of nitrogens with zero attached hydrogens (tertiary/aromatic N) is 5. The van der Waals surface area contributed by atoms with Crippen molar-refractivity contribution in [3.63, 3.8) is 0 Å². The number of aryl methyl sites for hydroxylation is 1. The van der Waals surface area contributed by atoms with Crippen molar-refractivity contribution < 1.29 is 9.13 Å². The molecule has 0 aliphatic carbocycles. The molecule has 0 saturated carbocycles. The van der Waals surface area contributed by atoms with Crippen LogP contribution in [0.25, 0.3) is 22.4 Å². The molecule has 0 fully saturated rings. The molecule has 0 aliphatic rings. The third-order valence-electron chi connectivity index (χ3n) is 4.40. The van der Waals surface area contributed by atoms with Gasteiger partial charge in [-0.05, 0) is 36.4 Å². The van der Waals surface area contributed by atoms with E-state index >= 15 is 0 Å². The number of pyridine rings is 1. The van der Waals surface area contributed by atoms with Gasteiger partial charge in [0.25, 0.3) is 5.56 Å². The second-order valence-electron chi connectivity index (χ2n) is 6.27. The summed E-state index contributed by atoms with van der Waals surface area (Å²) in [6, 6.07) is 9.04. The predicted octanol–water partition coefficient (Wildman–Crippen LogP) is 1.77. The number of hydrogen-bond acceptors (Lipinski definition) is 6. The number of rotatable bonds is 5. The van der Waals surface area contributed by atoms with E-state index in [1.54, 1.807) is 31.6 Å². The van der Waals surface area contributed by atoms with Crippen LogP contribution in [0.1, 0.15) is 0 Å². The van der Waals surface area contributed by atoms with Gasteiger partial charge in [-0.25, -0.2) is 19.2 Å². The predicted molar refractivity (Wildman–Crippen MR) is 104 cm³/mol. The molecule has 29 heavy (non-hydrogen) atoms. The van der Waals surface area contributed by atoms with Crippen molar-refractivity contribution in [2.75, 3.05) is 6.61 Å². The summed E-state index contributed by atoms with van der Waals surface area (Å²) in [7, 11) is 1.54. The highest BCUT2D eigenvalue weighted by molar-refractivity contribution is 5.75. The zero-order valence-corrected chi connectivity index (χ0v) is 15.4. The first-order valence-electron chi connectivity index (χ1n) is 8.80. The van der Waals surface area contributed by atoms with Crippen molar-refractivity contribution >= 4 is 11.0 Å². The smallest absolute Gasteiger partial charge is 0.332 e. The zero-order chi connectivity index (χ0) is 20.4. The van der Waals surface area contributed by atoms with E-state index in [0.29, 0.717) is 17.1 Å². The summed E-state index contributed by atoms with van der Waals surface area (Å²) >= 11 is 0. The highest BCUT2D eigenvalue weighted by Crippen LogP contribution is 2.15.